The second kappa shape index (κ2) is 8.21. The molecule has 10 heteroatoms. The molecular weight excluding hydrogens is 349 g/mol. The number of nitrogens with one attached hydrogen (secondary N) is 2. The Labute approximate surface area is 141 Å². The molecule has 2 N–H and O–H groups in total. The second-order valence-electron chi connectivity index (χ2n) is 5.62. The third-order valence-electron chi connectivity index (χ3n) is 3.69. The SMILES string of the molecule is O=C(NCC(F)F)NC[C@@H]1CCN(c2ccc(OC(F)(F)F)cc2)C1. The van der Waals surface area contributed by atoms with Crippen molar-refractivity contribution in [2.24, 2.45) is 5.92 Å². The van der Waals surface area contributed by atoms with E-state index in [4.69, 9.17) is 0 Å². The van der Waals surface area contributed by atoms with E-state index in [0.717, 1.165) is 12.1 Å². The highest BCUT2D eigenvalue weighted by Crippen LogP contribution is 2.28. The Hall–Kier alpha value is -2.26. The zero-order valence-corrected chi connectivity index (χ0v) is 13.2. The third-order valence-corrected chi connectivity index (χ3v) is 3.69. The summed E-state index contributed by atoms with van der Waals surface area (Å²) in [6.45, 7) is 0.925. The number of carbonyl (C=O) groups excluding carboxylic acids is 1. The number of hydrogen-bond donors (Lipinski definition) is 2. The molecule has 1 aromatic rings. The molecule has 1 aromatic carbocycles. The van der Waals surface area contributed by atoms with Crippen LogP contribution >= 0.6 is 0 Å². The molecule has 0 aromatic heterocycles. The molecule has 0 unspecified atom stereocenters. The third kappa shape index (κ3) is 6.63. The molecule has 2 amide bonds. The van der Waals surface area contributed by atoms with E-state index in [9.17, 15) is 26.7 Å². The second-order valence-corrected chi connectivity index (χ2v) is 5.62. The molecule has 1 atom stereocenters. The van der Waals surface area contributed by atoms with Gasteiger partial charge in [0.05, 0.1) is 6.54 Å². The number of benzene rings is 1. The first-order valence-electron chi connectivity index (χ1n) is 7.63. The van der Waals surface area contributed by atoms with Gasteiger partial charge in [-0.05, 0) is 36.6 Å². The van der Waals surface area contributed by atoms with Crippen LogP contribution in [0.25, 0.3) is 0 Å². The molecule has 1 saturated heterocycles. The van der Waals surface area contributed by atoms with Crippen LogP contribution in [0.2, 0.25) is 0 Å². The Morgan fingerprint density at radius 2 is 1.92 bits per heavy atom. The van der Waals surface area contributed by atoms with Gasteiger partial charge in [-0.1, -0.05) is 0 Å². The highest BCUT2D eigenvalue weighted by atomic mass is 19.4. The first kappa shape index (κ1) is 19.1. The van der Waals surface area contributed by atoms with Crippen molar-refractivity contribution in [3.05, 3.63) is 24.3 Å². The zero-order chi connectivity index (χ0) is 18.4. The molecule has 140 valence electrons. The van der Waals surface area contributed by atoms with Gasteiger partial charge < -0.3 is 20.3 Å². The molecule has 25 heavy (non-hydrogen) atoms. The van der Waals surface area contributed by atoms with E-state index < -0.39 is 25.4 Å². The van der Waals surface area contributed by atoms with E-state index in [-0.39, 0.29) is 11.7 Å². The largest absolute Gasteiger partial charge is 0.573 e. The lowest BCUT2D eigenvalue weighted by Crippen LogP contribution is -2.40. The molecule has 1 aliphatic rings. The Kier molecular flexibility index (Phi) is 6.27. The summed E-state index contributed by atoms with van der Waals surface area (Å²) in [5.74, 6) is -0.159. The minimum Gasteiger partial charge on any atom is -0.406 e. The van der Waals surface area contributed by atoms with Gasteiger partial charge in [0.2, 0.25) is 0 Å². The smallest absolute Gasteiger partial charge is 0.406 e. The number of ether oxygens (including phenoxy) is 1. The van der Waals surface area contributed by atoms with Crippen molar-refractivity contribution in [2.75, 3.05) is 31.1 Å². The molecule has 0 spiro atoms. The lowest BCUT2D eigenvalue weighted by Gasteiger charge is -2.19. The van der Waals surface area contributed by atoms with Gasteiger partial charge in [-0.2, -0.15) is 0 Å². The van der Waals surface area contributed by atoms with Gasteiger partial charge in [-0.25, -0.2) is 13.6 Å². The van der Waals surface area contributed by atoms with Gasteiger partial charge in [-0.15, -0.1) is 13.2 Å². The number of carbonyl (C=O) groups is 1. The summed E-state index contributed by atoms with van der Waals surface area (Å²) in [5, 5.41) is 4.59. The lowest BCUT2D eigenvalue weighted by atomic mass is 10.1. The fourth-order valence-electron chi connectivity index (χ4n) is 2.56. The number of hydrogen-bond acceptors (Lipinski definition) is 3. The first-order chi connectivity index (χ1) is 11.7. The van der Waals surface area contributed by atoms with Crippen molar-refractivity contribution in [2.45, 2.75) is 19.2 Å². The first-order valence-corrected chi connectivity index (χ1v) is 7.63. The number of halogens is 5. The Morgan fingerprint density at radius 3 is 2.52 bits per heavy atom. The minimum absolute atomic E-state index is 0.128. The van der Waals surface area contributed by atoms with E-state index >= 15 is 0 Å². The molecule has 0 radical (unpaired) electrons. The molecular formula is C15H18F5N3O2. The van der Waals surface area contributed by atoms with E-state index in [0.29, 0.717) is 19.6 Å². The predicted octanol–water partition coefficient (Wildman–Crippen LogP) is 2.98. The summed E-state index contributed by atoms with van der Waals surface area (Å²) in [5.41, 5.74) is 0.749. The van der Waals surface area contributed by atoms with Gasteiger partial charge in [0.1, 0.15) is 5.75 Å². The van der Waals surface area contributed by atoms with Crippen LogP contribution in [-0.2, 0) is 0 Å². The lowest BCUT2D eigenvalue weighted by molar-refractivity contribution is -0.274. The van der Waals surface area contributed by atoms with Gasteiger partial charge in [0.15, 0.2) is 0 Å². The van der Waals surface area contributed by atoms with Crippen molar-refractivity contribution < 1.29 is 31.5 Å². The molecule has 1 aliphatic heterocycles. The van der Waals surface area contributed by atoms with Crippen LogP contribution in [0.3, 0.4) is 0 Å². The standard InChI is InChI=1S/C15H18F5N3O2/c16-13(17)8-22-14(24)21-7-10-5-6-23(9-10)11-1-3-12(4-2-11)25-15(18,19)20/h1-4,10,13H,5-9H2,(H2,21,22,24)/t10-/m0/s1. The predicted molar refractivity (Wildman–Crippen MR) is 80.9 cm³/mol. The summed E-state index contributed by atoms with van der Waals surface area (Å²) in [6, 6.07) is 4.91. The van der Waals surface area contributed by atoms with E-state index in [1.165, 1.54) is 24.3 Å². The van der Waals surface area contributed by atoms with Crippen LogP contribution in [0.15, 0.2) is 24.3 Å². The molecule has 1 fully saturated rings. The molecule has 1 heterocycles. The molecule has 0 saturated carbocycles. The summed E-state index contributed by atoms with van der Waals surface area (Å²) in [4.78, 5) is 13.3. The average molecular weight is 367 g/mol. The fourth-order valence-corrected chi connectivity index (χ4v) is 2.56. The summed E-state index contributed by atoms with van der Waals surface area (Å²) >= 11 is 0. The number of amides is 2. The van der Waals surface area contributed by atoms with Crippen LogP contribution in [0, 0.1) is 5.92 Å². The topological polar surface area (TPSA) is 53.6 Å². The van der Waals surface area contributed by atoms with Crippen molar-refractivity contribution in [1.29, 1.82) is 0 Å². The van der Waals surface area contributed by atoms with Crippen LogP contribution in [0.4, 0.5) is 32.4 Å². The van der Waals surface area contributed by atoms with E-state index in [1.807, 2.05) is 4.90 Å². The number of alkyl halides is 5. The number of anilines is 1. The van der Waals surface area contributed by atoms with Crippen LogP contribution in [-0.4, -0.2) is 45.0 Å². The normalized spacial score (nSPS) is 17.7. The Morgan fingerprint density at radius 1 is 1.24 bits per heavy atom. The van der Waals surface area contributed by atoms with Gasteiger partial charge in [-0.3, -0.25) is 0 Å². The van der Waals surface area contributed by atoms with Crippen molar-refractivity contribution in [3.8, 4) is 5.75 Å². The number of rotatable bonds is 6. The molecule has 2 rings (SSSR count). The van der Waals surface area contributed by atoms with Gasteiger partial charge in [0, 0.05) is 25.3 Å². The van der Waals surface area contributed by atoms with Gasteiger partial charge >= 0.3 is 12.4 Å². The van der Waals surface area contributed by atoms with Crippen LogP contribution in [0.5, 0.6) is 5.75 Å². The molecule has 0 aliphatic carbocycles. The van der Waals surface area contributed by atoms with E-state index in [1.54, 1.807) is 0 Å². The summed E-state index contributed by atoms with van der Waals surface area (Å²) in [6.07, 6.45) is -6.55. The maximum absolute atomic E-state index is 12.1. The van der Waals surface area contributed by atoms with Crippen LogP contribution < -0.4 is 20.3 Å². The summed E-state index contributed by atoms with van der Waals surface area (Å²) in [7, 11) is 0. The zero-order valence-electron chi connectivity index (χ0n) is 13.2. The quantitative estimate of drug-likeness (QED) is 0.760. The fraction of sp³-hybridized carbons (Fsp3) is 0.533. The minimum atomic E-state index is -4.73. The van der Waals surface area contributed by atoms with Crippen molar-refractivity contribution in [3.63, 3.8) is 0 Å². The molecule has 0 bridgehead atoms. The van der Waals surface area contributed by atoms with E-state index in [2.05, 4.69) is 15.4 Å². The summed E-state index contributed by atoms with van der Waals surface area (Å²) < 4.78 is 64.2. The maximum Gasteiger partial charge on any atom is 0.573 e. The molecule has 5 nitrogen and oxygen atoms in total. The number of nitrogens with zero attached hydrogens (tertiary/aromatic N) is 1. The number of urea groups is 1. The van der Waals surface area contributed by atoms with Crippen molar-refractivity contribution >= 4 is 11.7 Å². The Bertz CT molecular complexity index is 565. The van der Waals surface area contributed by atoms with Crippen LogP contribution in [0.1, 0.15) is 6.42 Å². The average Bonchev–Trinajstić information content (AvgIpc) is 2.99. The maximum atomic E-state index is 12.1. The monoisotopic (exact) mass is 367 g/mol. The Balaban J connectivity index is 1.77. The highest BCUT2D eigenvalue weighted by Gasteiger charge is 2.31. The van der Waals surface area contributed by atoms with Crippen molar-refractivity contribution in [1.82, 2.24) is 10.6 Å². The van der Waals surface area contributed by atoms with Gasteiger partial charge in [0.25, 0.3) is 6.43 Å². The highest BCUT2D eigenvalue weighted by molar-refractivity contribution is 5.73.